The fourth-order valence-corrected chi connectivity index (χ4v) is 1.58. The molecule has 0 aliphatic heterocycles. The second kappa shape index (κ2) is 2.88. The average molecular weight is 198 g/mol. The largest absolute Gasteiger partial charge is 0.453 e. The van der Waals surface area contributed by atoms with Crippen molar-refractivity contribution in [3.05, 3.63) is 36.3 Å². The molecule has 0 bridgehead atoms. The van der Waals surface area contributed by atoms with Crippen LogP contribution in [-0.4, -0.2) is 16.3 Å². The molecule has 4 nitrogen and oxygen atoms in total. The van der Waals surface area contributed by atoms with E-state index >= 15 is 0 Å². The molecule has 0 atom stereocenters. The van der Waals surface area contributed by atoms with Gasteiger partial charge < -0.3 is 4.42 Å². The maximum atomic E-state index is 10.6. The lowest BCUT2D eigenvalue weighted by atomic mass is 10.2. The molecule has 0 amide bonds. The van der Waals surface area contributed by atoms with Gasteiger partial charge >= 0.3 is 0 Å². The van der Waals surface area contributed by atoms with E-state index in [1.807, 2.05) is 24.3 Å². The molecule has 0 N–H and O–H groups in total. The van der Waals surface area contributed by atoms with Crippen LogP contribution in [0.25, 0.3) is 22.1 Å². The molecule has 2 heterocycles. The van der Waals surface area contributed by atoms with Gasteiger partial charge in [0.05, 0.1) is 6.20 Å². The number of hydrogen-bond acceptors (Lipinski definition) is 4. The predicted molar refractivity (Wildman–Crippen MR) is 54.7 cm³/mol. The molecule has 0 aliphatic rings. The van der Waals surface area contributed by atoms with Crippen LogP contribution in [0.15, 0.2) is 34.9 Å². The van der Waals surface area contributed by atoms with E-state index in [-0.39, 0.29) is 5.82 Å². The highest BCUT2D eigenvalue weighted by atomic mass is 16.3. The van der Waals surface area contributed by atoms with Crippen LogP contribution in [0.1, 0.15) is 10.6 Å². The predicted octanol–water partition coefficient (Wildman–Crippen LogP) is 2.19. The first-order valence-electron chi connectivity index (χ1n) is 4.48. The van der Waals surface area contributed by atoms with Crippen molar-refractivity contribution >= 4 is 28.4 Å². The molecule has 0 saturated heterocycles. The zero-order valence-corrected chi connectivity index (χ0v) is 7.68. The van der Waals surface area contributed by atoms with E-state index in [1.165, 1.54) is 6.20 Å². The standard InChI is InChI=1S/C11H6N2O2/c14-6-10-12-5-9-11(13-10)7-3-1-2-4-8(7)15-9/h1-6H. The minimum atomic E-state index is 0.175. The number of nitrogens with zero attached hydrogens (tertiary/aromatic N) is 2. The smallest absolute Gasteiger partial charge is 0.193 e. The van der Waals surface area contributed by atoms with Crippen LogP contribution in [0.4, 0.5) is 0 Å². The highest BCUT2D eigenvalue weighted by molar-refractivity contribution is 6.02. The van der Waals surface area contributed by atoms with Crippen LogP contribution in [0.3, 0.4) is 0 Å². The number of fused-ring (bicyclic) bond motifs is 3. The fourth-order valence-electron chi connectivity index (χ4n) is 1.58. The summed E-state index contributed by atoms with van der Waals surface area (Å²) in [5.74, 6) is 0.175. The molecule has 0 saturated carbocycles. The molecule has 2 aromatic heterocycles. The maximum absolute atomic E-state index is 10.6. The summed E-state index contributed by atoms with van der Waals surface area (Å²) in [7, 11) is 0. The average Bonchev–Trinajstić information content (AvgIpc) is 2.66. The lowest BCUT2D eigenvalue weighted by molar-refractivity contribution is 0.111. The van der Waals surface area contributed by atoms with Crippen LogP contribution in [0.2, 0.25) is 0 Å². The summed E-state index contributed by atoms with van der Waals surface area (Å²) in [5.41, 5.74) is 2.04. The van der Waals surface area contributed by atoms with Gasteiger partial charge in [-0.25, -0.2) is 9.97 Å². The molecule has 0 radical (unpaired) electrons. The second-order valence-corrected chi connectivity index (χ2v) is 3.16. The topological polar surface area (TPSA) is 56.0 Å². The molecule has 0 aliphatic carbocycles. The van der Waals surface area contributed by atoms with Crippen LogP contribution in [-0.2, 0) is 0 Å². The Morgan fingerprint density at radius 3 is 2.93 bits per heavy atom. The first kappa shape index (κ1) is 8.11. The SMILES string of the molecule is O=Cc1ncc2oc3ccccc3c2n1. The highest BCUT2D eigenvalue weighted by Gasteiger charge is 2.08. The van der Waals surface area contributed by atoms with Crippen molar-refractivity contribution in [2.45, 2.75) is 0 Å². The number of hydrogen-bond donors (Lipinski definition) is 0. The summed E-state index contributed by atoms with van der Waals surface area (Å²) >= 11 is 0. The van der Waals surface area contributed by atoms with E-state index in [0.29, 0.717) is 17.4 Å². The molecule has 15 heavy (non-hydrogen) atoms. The number of rotatable bonds is 1. The Bertz CT molecular complexity index is 658. The number of aromatic nitrogens is 2. The minimum Gasteiger partial charge on any atom is -0.453 e. The number of aldehydes is 1. The zero-order valence-electron chi connectivity index (χ0n) is 7.68. The van der Waals surface area contributed by atoms with Crippen molar-refractivity contribution < 1.29 is 9.21 Å². The summed E-state index contributed by atoms with van der Waals surface area (Å²) in [5, 5.41) is 0.901. The van der Waals surface area contributed by atoms with Gasteiger partial charge in [0.2, 0.25) is 0 Å². The molecular formula is C11H6N2O2. The quantitative estimate of drug-likeness (QED) is 0.562. The van der Waals surface area contributed by atoms with E-state index in [2.05, 4.69) is 9.97 Å². The summed E-state index contributed by atoms with van der Waals surface area (Å²) in [6.07, 6.45) is 2.15. The Morgan fingerprint density at radius 1 is 1.20 bits per heavy atom. The first-order valence-corrected chi connectivity index (χ1v) is 4.48. The Kier molecular flexibility index (Phi) is 1.56. The van der Waals surface area contributed by atoms with Gasteiger partial charge in [-0.3, -0.25) is 4.79 Å². The van der Waals surface area contributed by atoms with E-state index in [9.17, 15) is 4.79 Å². The maximum Gasteiger partial charge on any atom is 0.193 e. The molecule has 3 aromatic rings. The Balaban J connectivity index is 2.51. The van der Waals surface area contributed by atoms with E-state index in [0.717, 1.165) is 11.0 Å². The normalized spacial score (nSPS) is 10.9. The third-order valence-electron chi connectivity index (χ3n) is 2.24. The Morgan fingerprint density at radius 2 is 2.07 bits per heavy atom. The summed E-state index contributed by atoms with van der Waals surface area (Å²) in [4.78, 5) is 18.5. The summed E-state index contributed by atoms with van der Waals surface area (Å²) in [6, 6.07) is 7.55. The molecule has 0 fully saturated rings. The molecule has 4 heteroatoms. The molecule has 3 rings (SSSR count). The summed E-state index contributed by atoms with van der Waals surface area (Å²) in [6.45, 7) is 0. The van der Waals surface area contributed by atoms with E-state index in [1.54, 1.807) is 0 Å². The van der Waals surface area contributed by atoms with Crippen LogP contribution >= 0.6 is 0 Å². The van der Waals surface area contributed by atoms with Gasteiger partial charge in [0.15, 0.2) is 17.7 Å². The number of carbonyl (C=O) groups excluding carboxylic acids is 1. The van der Waals surface area contributed by atoms with Gasteiger partial charge in [0.25, 0.3) is 0 Å². The van der Waals surface area contributed by atoms with Gasteiger partial charge in [-0.05, 0) is 12.1 Å². The molecular weight excluding hydrogens is 192 g/mol. The number of benzene rings is 1. The van der Waals surface area contributed by atoms with Crippen LogP contribution < -0.4 is 0 Å². The van der Waals surface area contributed by atoms with Gasteiger partial charge in [-0.1, -0.05) is 12.1 Å². The monoisotopic (exact) mass is 198 g/mol. The van der Waals surface area contributed by atoms with Gasteiger partial charge in [0, 0.05) is 5.39 Å². The third kappa shape index (κ3) is 1.11. The van der Waals surface area contributed by atoms with Crippen molar-refractivity contribution in [3.8, 4) is 0 Å². The number of para-hydroxylation sites is 1. The third-order valence-corrected chi connectivity index (χ3v) is 2.24. The summed E-state index contributed by atoms with van der Waals surface area (Å²) < 4.78 is 5.51. The van der Waals surface area contributed by atoms with Crippen molar-refractivity contribution in [2.75, 3.05) is 0 Å². The van der Waals surface area contributed by atoms with Gasteiger partial charge in [-0.2, -0.15) is 0 Å². The molecule has 72 valence electrons. The van der Waals surface area contributed by atoms with Crippen LogP contribution in [0, 0.1) is 0 Å². The Hall–Kier alpha value is -2.23. The molecule has 1 aromatic carbocycles. The van der Waals surface area contributed by atoms with Crippen molar-refractivity contribution in [2.24, 2.45) is 0 Å². The molecule has 0 spiro atoms. The van der Waals surface area contributed by atoms with Gasteiger partial charge in [-0.15, -0.1) is 0 Å². The van der Waals surface area contributed by atoms with E-state index in [4.69, 9.17) is 4.42 Å². The first-order chi connectivity index (χ1) is 7.38. The van der Waals surface area contributed by atoms with E-state index < -0.39 is 0 Å². The van der Waals surface area contributed by atoms with Crippen molar-refractivity contribution in [3.63, 3.8) is 0 Å². The van der Waals surface area contributed by atoms with Crippen molar-refractivity contribution in [1.29, 1.82) is 0 Å². The lowest BCUT2D eigenvalue weighted by Crippen LogP contribution is -1.90. The number of carbonyl (C=O) groups is 1. The molecule has 0 unspecified atom stereocenters. The highest BCUT2D eigenvalue weighted by Crippen LogP contribution is 2.25. The zero-order chi connectivity index (χ0) is 10.3. The van der Waals surface area contributed by atoms with Crippen molar-refractivity contribution in [1.82, 2.24) is 9.97 Å². The lowest BCUT2D eigenvalue weighted by Gasteiger charge is -1.88. The fraction of sp³-hybridized carbons (Fsp3) is 0. The second-order valence-electron chi connectivity index (χ2n) is 3.16. The number of furan rings is 1. The minimum absolute atomic E-state index is 0.175. The van der Waals surface area contributed by atoms with Gasteiger partial charge in [0.1, 0.15) is 11.1 Å². The van der Waals surface area contributed by atoms with Crippen LogP contribution in [0.5, 0.6) is 0 Å². The Labute approximate surface area is 84.6 Å².